The van der Waals surface area contributed by atoms with Gasteiger partial charge in [-0.15, -0.1) is 4.98 Å². The summed E-state index contributed by atoms with van der Waals surface area (Å²) in [4.78, 5) is 11.9. The molecular formula is C9H13N3O2. The van der Waals surface area contributed by atoms with E-state index >= 15 is 0 Å². The molecule has 0 bridgehead atoms. The highest BCUT2D eigenvalue weighted by Crippen LogP contribution is 2.10. The van der Waals surface area contributed by atoms with E-state index in [0.717, 1.165) is 0 Å². The normalized spacial score (nSPS) is 9.57. The van der Waals surface area contributed by atoms with Crippen LogP contribution in [0.3, 0.4) is 0 Å². The van der Waals surface area contributed by atoms with Crippen LogP contribution in [0.4, 0.5) is 0 Å². The molecule has 0 amide bonds. The molecule has 0 unspecified atom stereocenters. The Labute approximate surface area is 82.8 Å². The lowest BCUT2D eigenvalue weighted by atomic mass is 10.6. The minimum absolute atomic E-state index is 0.265. The van der Waals surface area contributed by atoms with Crippen molar-refractivity contribution in [3.05, 3.63) is 12.4 Å². The van der Waals surface area contributed by atoms with Gasteiger partial charge >= 0.3 is 12.0 Å². The van der Waals surface area contributed by atoms with Crippen molar-refractivity contribution in [1.29, 1.82) is 0 Å². The van der Waals surface area contributed by atoms with Gasteiger partial charge in [0.1, 0.15) is 0 Å². The van der Waals surface area contributed by atoms with Gasteiger partial charge in [0.2, 0.25) is 0 Å². The molecule has 0 atom stereocenters. The first kappa shape index (κ1) is 10.4. The highest BCUT2D eigenvalue weighted by molar-refractivity contribution is 5.36. The predicted octanol–water partition coefficient (Wildman–Crippen LogP) is 1.31. The first-order valence-electron chi connectivity index (χ1n) is 4.44. The first-order valence-corrected chi connectivity index (χ1v) is 4.44. The lowest BCUT2D eigenvalue weighted by Crippen LogP contribution is -2.04. The molecule has 0 saturated heterocycles. The van der Waals surface area contributed by atoms with Crippen LogP contribution >= 0.6 is 0 Å². The zero-order valence-electron chi connectivity index (χ0n) is 8.36. The number of rotatable bonds is 5. The molecule has 0 aliphatic carbocycles. The minimum atomic E-state index is 0.265. The fourth-order valence-corrected chi connectivity index (χ4v) is 0.831. The third-order valence-corrected chi connectivity index (χ3v) is 1.34. The van der Waals surface area contributed by atoms with Crippen molar-refractivity contribution >= 4 is 6.08 Å². The van der Waals surface area contributed by atoms with E-state index in [1.165, 1.54) is 6.08 Å². The van der Waals surface area contributed by atoms with E-state index in [1.54, 1.807) is 0 Å². The van der Waals surface area contributed by atoms with Crippen LogP contribution in [-0.2, 0) is 0 Å². The number of hydrogen-bond donors (Lipinski definition) is 0. The van der Waals surface area contributed by atoms with Gasteiger partial charge in [-0.2, -0.15) is 9.97 Å². The van der Waals surface area contributed by atoms with Gasteiger partial charge in [-0.05, 0) is 19.9 Å². The zero-order valence-corrected chi connectivity index (χ0v) is 8.36. The Morgan fingerprint density at radius 2 is 1.57 bits per heavy atom. The summed E-state index contributed by atoms with van der Waals surface area (Å²) in [7, 11) is 0. The van der Waals surface area contributed by atoms with E-state index in [2.05, 4.69) is 21.5 Å². The molecule has 0 aliphatic rings. The van der Waals surface area contributed by atoms with Crippen LogP contribution in [0.25, 0.3) is 6.08 Å². The zero-order chi connectivity index (χ0) is 10.4. The van der Waals surface area contributed by atoms with Crippen molar-refractivity contribution < 1.29 is 9.47 Å². The molecule has 14 heavy (non-hydrogen) atoms. The number of aromatic nitrogens is 3. The highest BCUT2D eigenvalue weighted by atomic mass is 16.5. The van der Waals surface area contributed by atoms with Gasteiger partial charge in [-0.25, -0.2) is 0 Å². The van der Waals surface area contributed by atoms with Crippen molar-refractivity contribution in [2.75, 3.05) is 13.2 Å². The van der Waals surface area contributed by atoms with Crippen LogP contribution in [0.1, 0.15) is 19.7 Å². The molecule has 1 aromatic heterocycles. The third-order valence-electron chi connectivity index (χ3n) is 1.34. The topological polar surface area (TPSA) is 57.1 Å². The maximum absolute atomic E-state index is 5.15. The van der Waals surface area contributed by atoms with Crippen LogP contribution in [0, 0.1) is 0 Å². The Morgan fingerprint density at radius 3 is 1.93 bits per heavy atom. The largest absolute Gasteiger partial charge is 0.464 e. The summed E-state index contributed by atoms with van der Waals surface area (Å²) in [5, 5.41) is 0. The standard InChI is InChI=1S/C9H13N3O2/c1-4-7-10-8(13-5-2)12-9(11-7)14-6-3/h4H,1,5-6H2,2-3H3. The van der Waals surface area contributed by atoms with E-state index in [1.807, 2.05) is 13.8 Å². The van der Waals surface area contributed by atoms with Crippen molar-refractivity contribution in [2.45, 2.75) is 13.8 Å². The molecule has 1 heterocycles. The minimum Gasteiger partial charge on any atom is -0.464 e. The van der Waals surface area contributed by atoms with E-state index < -0.39 is 0 Å². The summed E-state index contributed by atoms with van der Waals surface area (Å²) in [5.74, 6) is 0.451. The fraction of sp³-hybridized carbons (Fsp3) is 0.444. The van der Waals surface area contributed by atoms with E-state index in [0.29, 0.717) is 19.0 Å². The van der Waals surface area contributed by atoms with Crippen molar-refractivity contribution in [2.24, 2.45) is 0 Å². The molecule has 5 heteroatoms. The number of nitrogens with zero attached hydrogens (tertiary/aromatic N) is 3. The van der Waals surface area contributed by atoms with Crippen LogP contribution < -0.4 is 9.47 Å². The van der Waals surface area contributed by atoms with Crippen LogP contribution in [0.2, 0.25) is 0 Å². The Balaban J connectivity index is 2.94. The molecule has 0 aromatic carbocycles. The second-order valence-corrected chi connectivity index (χ2v) is 2.33. The SMILES string of the molecule is C=Cc1nc(OCC)nc(OCC)n1. The smallest absolute Gasteiger partial charge is 0.323 e. The Morgan fingerprint density at radius 1 is 1.07 bits per heavy atom. The summed E-state index contributed by atoms with van der Waals surface area (Å²) < 4.78 is 10.3. The second-order valence-electron chi connectivity index (χ2n) is 2.33. The second kappa shape index (κ2) is 5.16. The predicted molar refractivity (Wildman–Crippen MR) is 52.3 cm³/mol. The number of ether oxygens (including phenoxy) is 2. The van der Waals surface area contributed by atoms with E-state index in [4.69, 9.17) is 9.47 Å². The van der Waals surface area contributed by atoms with Crippen molar-refractivity contribution in [1.82, 2.24) is 15.0 Å². The van der Waals surface area contributed by atoms with Crippen LogP contribution in [-0.4, -0.2) is 28.2 Å². The van der Waals surface area contributed by atoms with Crippen LogP contribution in [0.15, 0.2) is 6.58 Å². The molecule has 1 rings (SSSR count). The highest BCUT2D eigenvalue weighted by Gasteiger charge is 2.04. The van der Waals surface area contributed by atoms with Crippen molar-refractivity contribution in [3.8, 4) is 12.0 Å². The maximum Gasteiger partial charge on any atom is 0.323 e. The first-order chi connectivity index (χ1) is 6.80. The van der Waals surface area contributed by atoms with Gasteiger partial charge in [0.05, 0.1) is 13.2 Å². The Kier molecular flexibility index (Phi) is 3.84. The molecule has 0 spiro atoms. The van der Waals surface area contributed by atoms with Gasteiger partial charge in [-0.3, -0.25) is 0 Å². The van der Waals surface area contributed by atoms with Crippen molar-refractivity contribution in [3.63, 3.8) is 0 Å². The summed E-state index contributed by atoms with van der Waals surface area (Å²) in [6.07, 6.45) is 1.52. The molecule has 76 valence electrons. The quantitative estimate of drug-likeness (QED) is 0.709. The van der Waals surface area contributed by atoms with E-state index in [9.17, 15) is 0 Å². The fourth-order valence-electron chi connectivity index (χ4n) is 0.831. The molecule has 0 saturated carbocycles. The molecule has 0 radical (unpaired) electrons. The molecule has 0 aliphatic heterocycles. The van der Waals surface area contributed by atoms with Crippen LogP contribution in [0.5, 0.6) is 12.0 Å². The lowest BCUT2D eigenvalue weighted by Gasteiger charge is -2.04. The Hall–Kier alpha value is -1.65. The summed E-state index contributed by atoms with van der Waals surface area (Å²) >= 11 is 0. The van der Waals surface area contributed by atoms with Gasteiger partial charge in [0.25, 0.3) is 0 Å². The monoisotopic (exact) mass is 195 g/mol. The average Bonchev–Trinajstić information content (AvgIpc) is 2.18. The summed E-state index contributed by atoms with van der Waals surface area (Å²) in [6.45, 7) is 8.30. The molecule has 0 fully saturated rings. The van der Waals surface area contributed by atoms with Gasteiger partial charge < -0.3 is 9.47 Å². The van der Waals surface area contributed by atoms with Gasteiger partial charge in [-0.1, -0.05) is 6.58 Å². The Bertz CT molecular complexity index is 291. The molecule has 5 nitrogen and oxygen atoms in total. The summed E-state index contributed by atoms with van der Waals surface area (Å²) in [6, 6.07) is 0.529. The maximum atomic E-state index is 5.15. The average molecular weight is 195 g/mol. The lowest BCUT2D eigenvalue weighted by molar-refractivity contribution is 0.278. The molecular weight excluding hydrogens is 182 g/mol. The third kappa shape index (κ3) is 2.69. The van der Waals surface area contributed by atoms with Gasteiger partial charge in [0.15, 0.2) is 5.82 Å². The van der Waals surface area contributed by atoms with Gasteiger partial charge in [0, 0.05) is 0 Å². The summed E-state index contributed by atoms with van der Waals surface area (Å²) in [5.41, 5.74) is 0. The molecule has 1 aromatic rings. The number of hydrogen-bond acceptors (Lipinski definition) is 5. The molecule has 0 N–H and O–H groups in total. The van der Waals surface area contributed by atoms with E-state index in [-0.39, 0.29) is 12.0 Å².